The van der Waals surface area contributed by atoms with Crippen molar-refractivity contribution in [2.45, 2.75) is 32.7 Å². The van der Waals surface area contributed by atoms with Crippen molar-refractivity contribution >= 4 is 22.9 Å². The SMILES string of the molecule is CCCCN1C(=S)NC(c2cccc(F)c2)C(c2nc(-c3ccc(F)cc3)no2)=C1C. The Labute approximate surface area is 184 Å². The van der Waals surface area contributed by atoms with Crippen molar-refractivity contribution in [2.75, 3.05) is 6.54 Å². The third-order valence-corrected chi connectivity index (χ3v) is 5.61. The van der Waals surface area contributed by atoms with Crippen LogP contribution in [-0.2, 0) is 0 Å². The lowest BCUT2D eigenvalue weighted by Crippen LogP contribution is -2.46. The van der Waals surface area contributed by atoms with Gasteiger partial charge in [0.2, 0.25) is 5.82 Å². The number of hydrogen-bond donors (Lipinski definition) is 1. The van der Waals surface area contributed by atoms with Crippen molar-refractivity contribution in [3.05, 3.63) is 77.3 Å². The van der Waals surface area contributed by atoms with Crippen LogP contribution in [0.5, 0.6) is 0 Å². The van der Waals surface area contributed by atoms with Gasteiger partial charge >= 0.3 is 0 Å². The first kappa shape index (κ1) is 21.1. The van der Waals surface area contributed by atoms with E-state index < -0.39 is 6.04 Å². The lowest BCUT2D eigenvalue weighted by molar-refractivity contribution is 0.395. The van der Waals surface area contributed by atoms with Crippen LogP contribution in [0.25, 0.3) is 17.0 Å². The van der Waals surface area contributed by atoms with Crippen LogP contribution in [0.1, 0.15) is 44.2 Å². The molecule has 1 atom stereocenters. The Morgan fingerprint density at radius 2 is 1.90 bits per heavy atom. The zero-order valence-electron chi connectivity index (χ0n) is 17.2. The maximum atomic E-state index is 14.0. The van der Waals surface area contributed by atoms with Gasteiger partial charge in [0.25, 0.3) is 5.89 Å². The van der Waals surface area contributed by atoms with Gasteiger partial charge in [0.15, 0.2) is 5.11 Å². The largest absolute Gasteiger partial charge is 0.351 e. The molecule has 160 valence electrons. The normalized spacial score (nSPS) is 16.6. The van der Waals surface area contributed by atoms with Crippen LogP contribution in [0.3, 0.4) is 0 Å². The molecule has 1 aliphatic heterocycles. The molecule has 1 aliphatic rings. The summed E-state index contributed by atoms with van der Waals surface area (Å²) in [5.41, 5.74) is 2.95. The zero-order valence-corrected chi connectivity index (χ0v) is 18.0. The van der Waals surface area contributed by atoms with E-state index in [2.05, 4.69) is 22.4 Å². The van der Waals surface area contributed by atoms with E-state index in [9.17, 15) is 8.78 Å². The Morgan fingerprint density at radius 3 is 2.61 bits per heavy atom. The summed E-state index contributed by atoms with van der Waals surface area (Å²) in [6.07, 6.45) is 1.98. The van der Waals surface area contributed by atoms with Gasteiger partial charge in [-0.15, -0.1) is 0 Å². The number of halogens is 2. The molecule has 0 saturated heterocycles. The molecule has 1 N–H and O–H groups in total. The second kappa shape index (κ2) is 8.93. The minimum absolute atomic E-state index is 0.308. The molecule has 0 fully saturated rings. The second-order valence-corrected chi connectivity index (χ2v) is 7.76. The molecule has 4 rings (SSSR count). The van der Waals surface area contributed by atoms with Gasteiger partial charge in [-0.2, -0.15) is 4.98 Å². The van der Waals surface area contributed by atoms with E-state index in [1.165, 1.54) is 24.3 Å². The maximum Gasteiger partial charge on any atom is 0.258 e. The number of rotatable bonds is 6. The van der Waals surface area contributed by atoms with E-state index in [-0.39, 0.29) is 11.6 Å². The van der Waals surface area contributed by atoms with E-state index in [4.69, 9.17) is 16.7 Å². The number of benzene rings is 2. The van der Waals surface area contributed by atoms with E-state index in [0.29, 0.717) is 28.0 Å². The molecule has 1 unspecified atom stereocenters. The number of nitrogens with zero attached hydrogens (tertiary/aromatic N) is 3. The van der Waals surface area contributed by atoms with Gasteiger partial charge in [-0.1, -0.05) is 30.6 Å². The summed E-state index contributed by atoms with van der Waals surface area (Å²) in [5.74, 6) is -0.0222. The summed E-state index contributed by atoms with van der Waals surface area (Å²) >= 11 is 5.61. The molecule has 3 aromatic rings. The van der Waals surface area contributed by atoms with Crippen molar-refractivity contribution in [1.82, 2.24) is 20.4 Å². The van der Waals surface area contributed by atoms with Crippen LogP contribution in [0.4, 0.5) is 8.78 Å². The summed E-state index contributed by atoms with van der Waals surface area (Å²) < 4.78 is 32.9. The monoisotopic (exact) mass is 440 g/mol. The highest BCUT2D eigenvalue weighted by Crippen LogP contribution is 2.37. The minimum Gasteiger partial charge on any atom is -0.351 e. The van der Waals surface area contributed by atoms with Crippen LogP contribution >= 0.6 is 12.2 Å². The molecule has 0 radical (unpaired) electrons. The lowest BCUT2D eigenvalue weighted by atomic mass is 9.94. The lowest BCUT2D eigenvalue weighted by Gasteiger charge is -2.37. The van der Waals surface area contributed by atoms with Crippen LogP contribution in [-0.4, -0.2) is 26.7 Å². The molecule has 1 aromatic heterocycles. The summed E-state index contributed by atoms with van der Waals surface area (Å²) in [4.78, 5) is 6.57. The number of hydrogen-bond acceptors (Lipinski definition) is 4. The Hall–Kier alpha value is -3.13. The van der Waals surface area contributed by atoms with Gasteiger partial charge in [-0.05, 0) is 67.5 Å². The van der Waals surface area contributed by atoms with Gasteiger partial charge in [0.1, 0.15) is 11.6 Å². The molecule has 0 saturated carbocycles. The average molecular weight is 441 g/mol. The van der Waals surface area contributed by atoms with Gasteiger partial charge in [-0.25, -0.2) is 8.78 Å². The Morgan fingerprint density at radius 1 is 1.13 bits per heavy atom. The van der Waals surface area contributed by atoms with Gasteiger partial charge < -0.3 is 14.7 Å². The fraction of sp³-hybridized carbons (Fsp3) is 0.261. The molecule has 2 heterocycles. The molecule has 31 heavy (non-hydrogen) atoms. The highest BCUT2D eigenvalue weighted by Gasteiger charge is 2.34. The van der Waals surface area contributed by atoms with Crippen LogP contribution in [0.2, 0.25) is 0 Å². The molecule has 0 bridgehead atoms. The van der Waals surface area contributed by atoms with Crippen molar-refractivity contribution in [2.24, 2.45) is 0 Å². The minimum atomic E-state index is -0.442. The predicted octanol–water partition coefficient (Wildman–Crippen LogP) is 5.48. The van der Waals surface area contributed by atoms with E-state index in [1.807, 2.05) is 17.9 Å². The average Bonchev–Trinajstić information content (AvgIpc) is 3.23. The fourth-order valence-corrected chi connectivity index (χ4v) is 3.98. The fourth-order valence-electron chi connectivity index (χ4n) is 3.63. The first-order chi connectivity index (χ1) is 15.0. The first-order valence-corrected chi connectivity index (χ1v) is 10.5. The molecule has 5 nitrogen and oxygen atoms in total. The Bertz CT molecular complexity index is 1130. The molecular weight excluding hydrogens is 418 g/mol. The summed E-state index contributed by atoms with van der Waals surface area (Å²) in [7, 11) is 0. The number of thiocarbonyl (C=S) groups is 1. The zero-order chi connectivity index (χ0) is 22.0. The van der Waals surface area contributed by atoms with Gasteiger partial charge in [0.05, 0.1) is 11.6 Å². The predicted molar refractivity (Wildman–Crippen MR) is 119 cm³/mol. The Kier molecular flexibility index (Phi) is 6.08. The van der Waals surface area contributed by atoms with E-state index in [1.54, 1.807) is 18.2 Å². The standard InChI is InChI=1S/C23H22F2N4OS/c1-3-4-12-29-14(2)19(20(26-23(29)31)16-6-5-7-18(25)13-16)22-27-21(28-30-22)15-8-10-17(24)11-9-15/h5-11,13,20H,3-4,12H2,1-2H3,(H,26,31). The van der Waals surface area contributed by atoms with Crippen LogP contribution < -0.4 is 5.32 Å². The maximum absolute atomic E-state index is 14.0. The third kappa shape index (κ3) is 4.34. The smallest absolute Gasteiger partial charge is 0.258 e. The van der Waals surface area contributed by atoms with E-state index in [0.717, 1.165) is 30.7 Å². The number of aromatic nitrogens is 2. The first-order valence-electron chi connectivity index (χ1n) is 10.1. The van der Waals surface area contributed by atoms with Crippen LogP contribution in [0.15, 0.2) is 58.8 Å². The quantitative estimate of drug-likeness (QED) is 0.513. The highest BCUT2D eigenvalue weighted by molar-refractivity contribution is 7.80. The molecule has 2 aromatic carbocycles. The topological polar surface area (TPSA) is 54.2 Å². The highest BCUT2D eigenvalue weighted by atomic mass is 32.1. The Balaban J connectivity index is 1.80. The van der Waals surface area contributed by atoms with Crippen molar-refractivity contribution < 1.29 is 13.3 Å². The van der Waals surface area contributed by atoms with Crippen molar-refractivity contribution in [1.29, 1.82) is 0 Å². The van der Waals surface area contributed by atoms with Crippen molar-refractivity contribution in [3.63, 3.8) is 0 Å². The third-order valence-electron chi connectivity index (χ3n) is 5.27. The number of unbranched alkanes of at least 4 members (excludes halogenated alkanes) is 1. The van der Waals surface area contributed by atoms with Crippen molar-refractivity contribution in [3.8, 4) is 11.4 Å². The number of nitrogens with one attached hydrogen (secondary N) is 1. The molecule has 0 spiro atoms. The molecule has 0 aliphatic carbocycles. The van der Waals surface area contributed by atoms with E-state index >= 15 is 0 Å². The molecule has 0 amide bonds. The van der Waals surface area contributed by atoms with Crippen LogP contribution in [0, 0.1) is 11.6 Å². The summed E-state index contributed by atoms with van der Waals surface area (Å²) in [5, 5.41) is 7.96. The van der Waals surface area contributed by atoms with Gasteiger partial charge in [0, 0.05) is 17.8 Å². The summed E-state index contributed by atoms with van der Waals surface area (Å²) in [6.45, 7) is 4.81. The second-order valence-electron chi connectivity index (χ2n) is 7.37. The molecule has 8 heteroatoms. The molecular formula is C23H22F2N4OS. The number of allylic oxidation sites excluding steroid dienone is 1. The van der Waals surface area contributed by atoms with Gasteiger partial charge in [-0.3, -0.25) is 0 Å². The summed E-state index contributed by atoms with van der Waals surface area (Å²) in [6, 6.07) is 11.8.